The number of hydrogen-bond donors (Lipinski definition) is 1. The minimum absolute atomic E-state index is 0.253. The maximum atomic E-state index is 11.1. The van der Waals surface area contributed by atoms with Gasteiger partial charge in [-0.1, -0.05) is 18.2 Å². The molecule has 0 bridgehead atoms. The fraction of sp³-hybridized carbons (Fsp3) is 0.222. The van der Waals surface area contributed by atoms with Crippen molar-refractivity contribution in [2.45, 2.75) is 11.7 Å². The molecule has 0 aromatic heterocycles. The Morgan fingerprint density at radius 1 is 1.42 bits per heavy atom. The highest BCUT2D eigenvalue weighted by Crippen LogP contribution is 2.26. The van der Waals surface area contributed by atoms with Gasteiger partial charge in [0.05, 0.1) is 0 Å². The summed E-state index contributed by atoms with van der Waals surface area (Å²) in [6, 6.07) is 7.53. The van der Waals surface area contributed by atoms with Crippen molar-refractivity contribution >= 4 is 18.6 Å². The SMILES string of the molecule is O=C1Oc2ccccc2CC1S. The minimum Gasteiger partial charge on any atom is -0.425 e. The van der Waals surface area contributed by atoms with E-state index in [1.807, 2.05) is 18.2 Å². The Hall–Kier alpha value is -0.960. The summed E-state index contributed by atoms with van der Waals surface area (Å²) in [5.74, 6) is 0.421. The van der Waals surface area contributed by atoms with Crippen molar-refractivity contribution in [3.8, 4) is 5.75 Å². The number of hydrogen-bond acceptors (Lipinski definition) is 3. The number of fused-ring (bicyclic) bond motifs is 1. The van der Waals surface area contributed by atoms with Crippen molar-refractivity contribution in [1.29, 1.82) is 0 Å². The lowest BCUT2D eigenvalue weighted by atomic mass is 10.1. The standard InChI is InChI=1S/C9H8O2S/c10-9-8(12)5-6-3-1-2-4-7(6)11-9/h1-4,8,12H,5H2. The molecule has 3 heteroatoms. The number of thiol groups is 1. The average molecular weight is 180 g/mol. The lowest BCUT2D eigenvalue weighted by molar-refractivity contribution is -0.134. The molecular weight excluding hydrogens is 172 g/mol. The van der Waals surface area contributed by atoms with Crippen LogP contribution in [0.1, 0.15) is 5.56 Å². The Morgan fingerprint density at radius 2 is 2.17 bits per heavy atom. The maximum Gasteiger partial charge on any atom is 0.324 e. The first kappa shape index (κ1) is 7.68. The summed E-state index contributed by atoms with van der Waals surface area (Å²) in [5, 5.41) is -0.306. The molecule has 0 saturated heterocycles. The van der Waals surface area contributed by atoms with Gasteiger partial charge < -0.3 is 4.74 Å². The first-order valence-electron chi connectivity index (χ1n) is 3.75. The van der Waals surface area contributed by atoms with Crippen LogP contribution < -0.4 is 4.74 Å². The summed E-state index contributed by atoms with van der Waals surface area (Å²) in [5.41, 5.74) is 1.05. The van der Waals surface area contributed by atoms with Crippen LogP contribution in [0.5, 0.6) is 5.75 Å². The Bertz CT molecular complexity index is 322. The van der Waals surface area contributed by atoms with Crippen LogP contribution in [0.15, 0.2) is 24.3 Å². The normalized spacial score (nSPS) is 21.4. The Labute approximate surface area is 76.0 Å². The van der Waals surface area contributed by atoms with Crippen LogP contribution in [0.25, 0.3) is 0 Å². The van der Waals surface area contributed by atoms with Crippen LogP contribution in [-0.2, 0) is 11.2 Å². The summed E-state index contributed by atoms with van der Waals surface area (Å²) in [4.78, 5) is 11.1. The summed E-state index contributed by atoms with van der Waals surface area (Å²) in [6.45, 7) is 0. The zero-order valence-corrected chi connectivity index (χ0v) is 7.25. The second-order valence-electron chi connectivity index (χ2n) is 2.75. The van der Waals surface area contributed by atoms with E-state index >= 15 is 0 Å². The monoisotopic (exact) mass is 180 g/mol. The van der Waals surface area contributed by atoms with E-state index in [9.17, 15) is 4.79 Å². The van der Waals surface area contributed by atoms with Gasteiger partial charge in [0.1, 0.15) is 11.0 Å². The van der Waals surface area contributed by atoms with Gasteiger partial charge >= 0.3 is 5.97 Å². The predicted molar refractivity (Wildman–Crippen MR) is 48.6 cm³/mol. The minimum atomic E-state index is -0.306. The molecule has 0 spiro atoms. The number of rotatable bonds is 0. The molecule has 2 nitrogen and oxygen atoms in total. The fourth-order valence-corrected chi connectivity index (χ4v) is 1.49. The lowest BCUT2D eigenvalue weighted by Crippen LogP contribution is -2.27. The Kier molecular flexibility index (Phi) is 1.81. The molecule has 1 aliphatic rings. The first-order valence-corrected chi connectivity index (χ1v) is 4.26. The van der Waals surface area contributed by atoms with Crippen molar-refractivity contribution < 1.29 is 9.53 Å². The van der Waals surface area contributed by atoms with E-state index in [2.05, 4.69) is 12.6 Å². The summed E-state index contributed by atoms with van der Waals surface area (Å²) in [7, 11) is 0. The molecule has 0 saturated carbocycles. The van der Waals surface area contributed by atoms with Gasteiger partial charge in [-0.25, -0.2) is 0 Å². The molecule has 2 rings (SSSR count). The van der Waals surface area contributed by atoms with Crippen molar-refractivity contribution in [1.82, 2.24) is 0 Å². The molecule has 1 aromatic rings. The quantitative estimate of drug-likeness (QED) is 0.371. The van der Waals surface area contributed by atoms with Gasteiger partial charge in [0.15, 0.2) is 0 Å². The summed E-state index contributed by atoms with van der Waals surface area (Å²) in [6.07, 6.45) is 0.665. The Balaban J connectivity index is 2.40. The van der Waals surface area contributed by atoms with Crippen LogP contribution in [0.4, 0.5) is 0 Å². The predicted octanol–water partition coefficient (Wildman–Crippen LogP) is 1.45. The van der Waals surface area contributed by atoms with Crippen molar-refractivity contribution in [2.24, 2.45) is 0 Å². The molecule has 1 atom stereocenters. The highest BCUT2D eigenvalue weighted by molar-refractivity contribution is 7.81. The van der Waals surface area contributed by atoms with Gasteiger partial charge in [0, 0.05) is 0 Å². The number of para-hydroxylation sites is 1. The second-order valence-corrected chi connectivity index (χ2v) is 3.37. The molecule has 0 amide bonds. The third kappa shape index (κ3) is 1.20. The number of ether oxygens (including phenoxy) is 1. The molecule has 12 heavy (non-hydrogen) atoms. The average Bonchev–Trinajstić information content (AvgIpc) is 2.07. The molecule has 1 aliphatic heterocycles. The zero-order chi connectivity index (χ0) is 8.55. The molecule has 0 radical (unpaired) electrons. The zero-order valence-electron chi connectivity index (χ0n) is 6.36. The van der Waals surface area contributed by atoms with E-state index in [-0.39, 0.29) is 11.2 Å². The molecule has 0 aliphatic carbocycles. The van der Waals surface area contributed by atoms with Crippen molar-refractivity contribution in [3.05, 3.63) is 29.8 Å². The molecule has 1 aromatic carbocycles. The molecule has 0 fully saturated rings. The number of esters is 1. The van der Waals surface area contributed by atoms with Crippen LogP contribution in [-0.4, -0.2) is 11.2 Å². The van der Waals surface area contributed by atoms with Gasteiger partial charge in [-0.05, 0) is 18.1 Å². The number of carbonyl (C=O) groups is 1. The van der Waals surface area contributed by atoms with Crippen molar-refractivity contribution in [2.75, 3.05) is 0 Å². The topological polar surface area (TPSA) is 26.3 Å². The molecule has 0 N–H and O–H groups in total. The van der Waals surface area contributed by atoms with Crippen LogP contribution in [0, 0.1) is 0 Å². The lowest BCUT2D eigenvalue weighted by Gasteiger charge is -2.19. The fourth-order valence-electron chi connectivity index (χ4n) is 1.24. The molecule has 1 unspecified atom stereocenters. The maximum absolute atomic E-state index is 11.1. The first-order chi connectivity index (χ1) is 5.77. The number of benzene rings is 1. The van der Waals surface area contributed by atoms with Crippen LogP contribution >= 0.6 is 12.6 Å². The second kappa shape index (κ2) is 2.83. The van der Waals surface area contributed by atoms with E-state index < -0.39 is 0 Å². The smallest absolute Gasteiger partial charge is 0.324 e. The largest absolute Gasteiger partial charge is 0.425 e. The molecule has 1 heterocycles. The van der Waals surface area contributed by atoms with E-state index in [4.69, 9.17) is 4.74 Å². The van der Waals surface area contributed by atoms with E-state index in [1.54, 1.807) is 6.07 Å². The van der Waals surface area contributed by atoms with E-state index in [0.29, 0.717) is 12.2 Å². The van der Waals surface area contributed by atoms with Gasteiger partial charge in [-0.3, -0.25) is 4.79 Å². The highest BCUT2D eigenvalue weighted by Gasteiger charge is 2.24. The van der Waals surface area contributed by atoms with Crippen LogP contribution in [0.3, 0.4) is 0 Å². The van der Waals surface area contributed by atoms with Gasteiger partial charge in [0.25, 0.3) is 0 Å². The highest BCUT2D eigenvalue weighted by atomic mass is 32.1. The summed E-state index contributed by atoms with van der Waals surface area (Å²) >= 11 is 4.11. The van der Waals surface area contributed by atoms with Gasteiger partial charge in [-0.15, -0.1) is 0 Å². The summed E-state index contributed by atoms with van der Waals surface area (Å²) < 4.78 is 5.03. The third-order valence-corrected chi connectivity index (χ3v) is 2.26. The third-order valence-electron chi connectivity index (χ3n) is 1.87. The number of carbonyl (C=O) groups excluding carboxylic acids is 1. The Morgan fingerprint density at radius 3 is 3.00 bits per heavy atom. The van der Waals surface area contributed by atoms with Gasteiger partial charge in [0.2, 0.25) is 0 Å². The van der Waals surface area contributed by atoms with Crippen molar-refractivity contribution in [3.63, 3.8) is 0 Å². The molecular formula is C9H8O2S. The van der Waals surface area contributed by atoms with E-state index in [0.717, 1.165) is 5.56 Å². The van der Waals surface area contributed by atoms with Crippen LogP contribution in [0.2, 0.25) is 0 Å². The van der Waals surface area contributed by atoms with Gasteiger partial charge in [-0.2, -0.15) is 12.6 Å². The van der Waals surface area contributed by atoms with E-state index in [1.165, 1.54) is 0 Å². The molecule has 62 valence electrons.